The van der Waals surface area contributed by atoms with Crippen LogP contribution in [0.15, 0.2) is 48.5 Å². The van der Waals surface area contributed by atoms with Crippen molar-refractivity contribution in [2.45, 2.75) is 12.3 Å². The summed E-state index contributed by atoms with van der Waals surface area (Å²) in [5.74, 6) is -2.57. The summed E-state index contributed by atoms with van der Waals surface area (Å²) in [7, 11) is 0. The minimum absolute atomic E-state index is 0.328. The molecule has 22 heavy (non-hydrogen) atoms. The number of benzene rings is 2. The highest BCUT2D eigenvalue weighted by atomic mass is 16.4. The fourth-order valence-electron chi connectivity index (χ4n) is 2.20. The zero-order valence-electron chi connectivity index (χ0n) is 11.7. The molecule has 0 aliphatic rings. The fraction of sp³-hybridized carbons (Fsp3) is 0.118. The van der Waals surface area contributed by atoms with Gasteiger partial charge in [0.25, 0.3) is 0 Å². The van der Waals surface area contributed by atoms with Crippen molar-refractivity contribution in [3.05, 3.63) is 59.7 Å². The third kappa shape index (κ3) is 3.49. The van der Waals surface area contributed by atoms with Crippen LogP contribution in [-0.2, 0) is 9.59 Å². The summed E-state index contributed by atoms with van der Waals surface area (Å²) in [5, 5.41) is 17.6. The van der Waals surface area contributed by atoms with E-state index in [0.717, 1.165) is 11.1 Å². The molecule has 1 unspecified atom stereocenters. The minimum atomic E-state index is -1.07. The van der Waals surface area contributed by atoms with Crippen molar-refractivity contribution in [1.29, 1.82) is 5.26 Å². The normalized spacial score (nSPS) is 11.4. The molecule has 0 heterocycles. The van der Waals surface area contributed by atoms with E-state index in [1.165, 1.54) is 0 Å². The first-order chi connectivity index (χ1) is 10.5. The van der Waals surface area contributed by atoms with Crippen LogP contribution in [-0.4, -0.2) is 17.0 Å². The van der Waals surface area contributed by atoms with Gasteiger partial charge in [0, 0.05) is 0 Å². The van der Waals surface area contributed by atoms with Crippen LogP contribution in [0.1, 0.15) is 23.5 Å². The Morgan fingerprint density at radius 1 is 1.05 bits per heavy atom. The predicted octanol–water partition coefficient (Wildman–Crippen LogP) is 2.27. The zero-order chi connectivity index (χ0) is 16.1. The Morgan fingerprint density at radius 3 is 1.95 bits per heavy atom. The molecule has 2 aromatic rings. The monoisotopic (exact) mass is 294 g/mol. The van der Waals surface area contributed by atoms with Gasteiger partial charge in [-0.15, -0.1) is 0 Å². The number of carbonyl (C=O) groups is 2. The van der Waals surface area contributed by atoms with Gasteiger partial charge in [0.1, 0.15) is 0 Å². The first-order valence-electron chi connectivity index (χ1n) is 6.63. The minimum Gasteiger partial charge on any atom is -0.481 e. The van der Waals surface area contributed by atoms with Crippen LogP contribution in [0.5, 0.6) is 0 Å². The van der Waals surface area contributed by atoms with Crippen LogP contribution in [0.3, 0.4) is 0 Å². The summed E-state index contributed by atoms with van der Waals surface area (Å²) in [6.45, 7) is 0. The van der Waals surface area contributed by atoms with Crippen molar-refractivity contribution < 1.29 is 14.7 Å². The molecule has 2 rings (SSSR count). The van der Waals surface area contributed by atoms with Gasteiger partial charge in [-0.1, -0.05) is 36.4 Å². The van der Waals surface area contributed by atoms with Crippen molar-refractivity contribution in [3.8, 4) is 17.2 Å². The molecule has 0 bridgehead atoms. The molecule has 0 spiro atoms. The quantitative estimate of drug-likeness (QED) is 0.882. The summed E-state index contributed by atoms with van der Waals surface area (Å²) in [6.07, 6.45) is -0.328. The van der Waals surface area contributed by atoms with Gasteiger partial charge >= 0.3 is 5.97 Å². The second kappa shape index (κ2) is 6.55. The number of carboxylic acid groups (broad SMARTS) is 1. The lowest BCUT2D eigenvalue weighted by atomic mass is 9.93. The smallest absolute Gasteiger partial charge is 0.304 e. The van der Waals surface area contributed by atoms with Crippen molar-refractivity contribution in [1.82, 2.24) is 0 Å². The zero-order valence-corrected chi connectivity index (χ0v) is 11.7. The third-order valence-electron chi connectivity index (χ3n) is 3.38. The third-order valence-corrected chi connectivity index (χ3v) is 3.38. The Balaban J connectivity index is 2.26. The Kier molecular flexibility index (Phi) is 4.54. The molecule has 0 radical (unpaired) electrons. The second-order valence-electron chi connectivity index (χ2n) is 4.86. The number of amides is 1. The number of rotatable bonds is 5. The summed E-state index contributed by atoms with van der Waals surface area (Å²) >= 11 is 0. The van der Waals surface area contributed by atoms with E-state index >= 15 is 0 Å². The molecule has 0 saturated heterocycles. The fourth-order valence-corrected chi connectivity index (χ4v) is 2.20. The van der Waals surface area contributed by atoms with Crippen molar-refractivity contribution >= 4 is 11.9 Å². The summed E-state index contributed by atoms with van der Waals surface area (Å²) in [4.78, 5) is 22.2. The lowest BCUT2D eigenvalue weighted by Gasteiger charge is -2.12. The van der Waals surface area contributed by atoms with Crippen molar-refractivity contribution in [2.75, 3.05) is 0 Å². The number of primary amides is 1. The van der Waals surface area contributed by atoms with E-state index in [1.54, 1.807) is 36.4 Å². The summed E-state index contributed by atoms with van der Waals surface area (Å²) in [6, 6.07) is 16.2. The van der Waals surface area contributed by atoms with Gasteiger partial charge in [-0.2, -0.15) is 5.26 Å². The van der Waals surface area contributed by atoms with Crippen molar-refractivity contribution in [3.63, 3.8) is 0 Å². The Morgan fingerprint density at radius 2 is 1.55 bits per heavy atom. The van der Waals surface area contributed by atoms with E-state index in [-0.39, 0.29) is 6.42 Å². The molecule has 2 aromatic carbocycles. The van der Waals surface area contributed by atoms with Crippen molar-refractivity contribution in [2.24, 2.45) is 5.73 Å². The predicted molar refractivity (Wildman–Crippen MR) is 80.8 cm³/mol. The number of nitrogens with zero attached hydrogens (tertiary/aromatic N) is 1. The number of hydrogen-bond acceptors (Lipinski definition) is 3. The van der Waals surface area contributed by atoms with E-state index in [0.29, 0.717) is 11.1 Å². The van der Waals surface area contributed by atoms with Crippen LogP contribution >= 0.6 is 0 Å². The molecule has 3 N–H and O–H groups in total. The van der Waals surface area contributed by atoms with Gasteiger partial charge in [0.15, 0.2) is 0 Å². The summed E-state index contributed by atoms with van der Waals surface area (Å²) in [5.41, 5.74) is 8.26. The molecule has 0 aliphatic heterocycles. The molecule has 5 nitrogen and oxygen atoms in total. The van der Waals surface area contributed by atoms with Gasteiger partial charge in [-0.3, -0.25) is 9.59 Å². The lowest BCUT2D eigenvalue weighted by Crippen LogP contribution is -2.23. The molecule has 0 fully saturated rings. The van der Waals surface area contributed by atoms with E-state index in [4.69, 9.17) is 16.1 Å². The molecular weight excluding hydrogens is 280 g/mol. The highest BCUT2D eigenvalue weighted by Gasteiger charge is 2.21. The molecule has 0 aliphatic carbocycles. The first-order valence-corrected chi connectivity index (χ1v) is 6.63. The van der Waals surface area contributed by atoms with Crippen LogP contribution in [0.25, 0.3) is 11.1 Å². The Hall–Kier alpha value is -3.13. The molecular formula is C17H14N2O3. The number of aliphatic carboxylic acids is 1. The maximum Gasteiger partial charge on any atom is 0.304 e. The number of nitrogens with two attached hydrogens (primary N) is 1. The van der Waals surface area contributed by atoms with E-state index in [2.05, 4.69) is 6.07 Å². The maximum absolute atomic E-state index is 11.4. The van der Waals surface area contributed by atoms with Crippen LogP contribution in [0.2, 0.25) is 0 Å². The van der Waals surface area contributed by atoms with E-state index < -0.39 is 17.8 Å². The molecule has 1 amide bonds. The number of carbonyl (C=O) groups excluding carboxylic acids is 1. The van der Waals surface area contributed by atoms with E-state index in [1.807, 2.05) is 12.1 Å². The standard InChI is InChI=1S/C17H14N2O3/c18-10-11-1-3-12(4-2-11)13-5-7-14(8-6-13)15(17(19)22)9-16(20)21/h1-8,15H,9H2,(H2,19,22)(H,20,21). The second-order valence-corrected chi connectivity index (χ2v) is 4.86. The van der Waals surface area contributed by atoms with Crippen LogP contribution in [0, 0.1) is 11.3 Å². The molecule has 110 valence electrons. The number of nitriles is 1. The van der Waals surface area contributed by atoms with Gasteiger partial charge in [0.2, 0.25) is 5.91 Å². The van der Waals surface area contributed by atoms with E-state index in [9.17, 15) is 9.59 Å². The average Bonchev–Trinajstić information content (AvgIpc) is 2.52. The first kappa shape index (κ1) is 15.3. The maximum atomic E-state index is 11.4. The SMILES string of the molecule is N#Cc1ccc(-c2ccc(C(CC(=O)O)C(N)=O)cc2)cc1. The lowest BCUT2D eigenvalue weighted by molar-refractivity contribution is -0.139. The van der Waals surface area contributed by atoms with Gasteiger partial charge in [0.05, 0.1) is 24.0 Å². The highest BCUT2D eigenvalue weighted by Crippen LogP contribution is 2.25. The highest BCUT2D eigenvalue weighted by molar-refractivity contribution is 5.86. The average molecular weight is 294 g/mol. The largest absolute Gasteiger partial charge is 0.481 e. The molecule has 1 atom stereocenters. The Bertz CT molecular complexity index is 728. The van der Waals surface area contributed by atoms with Crippen LogP contribution in [0.4, 0.5) is 0 Å². The number of hydrogen-bond donors (Lipinski definition) is 2. The Labute approximate surface area is 127 Å². The number of carboxylic acids is 1. The summed E-state index contributed by atoms with van der Waals surface area (Å²) < 4.78 is 0. The molecule has 5 heteroatoms. The molecule has 0 saturated carbocycles. The van der Waals surface area contributed by atoms with Crippen LogP contribution < -0.4 is 5.73 Å². The van der Waals surface area contributed by atoms with Gasteiger partial charge < -0.3 is 10.8 Å². The van der Waals surface area contributed by atoms with Gasteiger partial charge in [-0.25, -0.2) is 0 Å². The van der Waals surface area contributed by atoms with Gasteiger partial charge in [-0.05, 0) is 28.8 Å². The molecule has 0 aromatic heterocycles. The topological polar surface area (TPSA) is 104 Å².